The van der Waals surface area contributed by atoms with Crippen molar-refractivity contribution in [2.24, 2.45) is 10.2 Å². The van der Waals surface area contributed by atoms with Gasteiger partial charge in [0.2, 0.25) is 0 Å². The summed E-state index contributed by atoms with van der Waals surface area (Å²) >= 11 is 0. The molecule has 0 saturated heterocycles. The molecule has 0 spiro atoms. The topological polar surface area (TPSA) is 87.8 Å². The Hall–Kier alpha value is -1.86. The highest BCUT2D eigenvalue weighted by atomic mass is 32.2. The van der Waals surface area contributed by atoms with Crippen molar-refractivity contribution in [3.8, 4) is 0 Å². The zero-order valence-corrected chi connectivity index (χ0v) is 12.3. The first-order chi connectivity index (χ1) is 9.22. The molecule has 1 aliphatic heterocycles. The van der Waals surface area contributed by atoms with E-state index in [9.17, 15) is 8.42 Å². The van der Waals surface area contributed by atoms with Gasteiger partial charge in [0, 0.05) is 12.1 Å². The van der Waals surface area contributed by atoms with Gasteiger partial charge in [-0.05, 0) is 19.4 Å². The summed E-state index contributed by atoms with van der Waals surface area (Å²) in [6.45, 7) is 7.60. The lowest BCUT2D eigenvalue weighted by molar-refractivity contribution is 0.177. The summed E-state index contributed by atoms with van der Waals surface area (Å²) in [6, 6.07) is 9.75. The van der Waals surface area contributed by atoms with Gasteiger partial charge < -0.3 is 0 Å². The number of hydrazone groups is 1. The molecule has 1 aromatic rings. The maximum absolute atomic E-state index is 11.2. The standard InChI is InChI=1S/C13H18N4O2S/c1-10-9-13(3,12-7-5-4-6-8-12)17(15-10)11(2)16-20(14,18)19/h4-8,16H,2,9H2,1,3H3,(H2,14,18,19). The van der Waals surface area contributed by atoms with Crippen molar-refractivity contribution < 1.29 is 8.42 Å². The smallest absolute Gasteiger partial charge is 0.256 e. The van der Waals surface area contributed by atoms with Crippen LogP contribution in [0.1, 0.15) is 25.8 Å². The van der Waals surface area contributed by atoms with Gasteiger partial charge in [-0.1, -0.05) is 36.9 Å². The summed E-state index contributed by atoms with van der Waals surface area (Å²) in [4.78, 5) is 0. The van der Waals surface area contributed by atoms with Crippen LogP contribution in [0.4, 0.5) is 0 Å². The minimum atomic E-state index is -3.87. The summed E-state index contributed by atoms with van der Waals surface area (Å²) in [5, 5.41) is 10.9. The molecule has 0 bridgehead atoms. The lowest BCUT2D eigenvalue weighted by Gasteiger charge is -2.35. The lowest BCUT2D eigenvalue weighted by Crippen LogP contribution is -2.43. The quantitative estimate of drug-likeness (QED) is 0.876. The molecule has 1 heterocycles. The fraction of sp³-hybridized carbons (Fsp3) is 0.308. The monoisotopic (exact) mass is 294 g/mol. The second-order valence-electron chi connectivity index (χ2n) is 5.06. The number of nitrogens with two attached hydrogens (primary N) is 1. The molecule has 1 unspecified atom stereocenters. The highest BCUT2D eigenvalue weighted by Crippen LogP contribution is 2.38. The van der Waals surface area contributed by atoms with E-state index in [1.807, 2.05) is 44.2 Å². The molecule has 1 aromatic carbocycles. The highest BCUT2D eigenvalue weighted by Gasteiger charge is 2.40. The minimum absolute atomic E-state index is 0.135. The molecule has 7 heteroatoms. The van der Waals surface area contributed by atoms with Crippen LogP contribution in [0.25, 0.3) is 0 Å². The Morgan fingerprint density at radius 2 is 2.05 bits per heavy atom. The molecule has 6 nitrogen and oxygen atoms in total. The molecule has 1 aliphatic rings. The van der Waals surface area contributed by atoms with E-state index in [4.69, 9.17) is 5.14 Å². The second kappa shape index (κ2) is 4.92. The molecule has 108 valence electrons. The van der Waals surface area contributed by atoms with Crippen LogP contribution < -0.4 is 9.86 Å². The molecule has 1 atom stereocenters. The Labute approximate surface area is 119 Å². The zero-order valence-electron chi connectivity index (χ0n) is 11.5. The molecule has 0 amide bonds. The molecule has 0 aliphatic carbocycles. The van der Waals surface area contributed by atoms with Gasteiger partial charge in [0.15, 0.2) is 0 Å². The molecule has 0 radical (unpaired) electrons. The first-order valence-corrected chi connectivity index (χ1v) is 7.66. The summed E-state index contributed by atoms with van der Waals surface area (Å²) in [6.07, 6.45) is 0.683. The average molecular weight is 294 g/mol. The number of nitrogens with one attached hydrogen (secondary N) is 1. The average Bonchev–Trinajstić information content (AvgIpc) is 2.65. The van der Waals surface area contributed by atoms with Crippen LogP contribution in [0.2, 0.25) is 0 Å². The van der Waals surface area contributed by atoms with Crippen molar-refractivity contribution in [1.82, 2.24) is 9.73 Å². The Morgan fingerprint density at radius 3 is 2.60 bits per heavy atom. The van der Waals surface area contributed by atoms with E-state index in [2.05, 4.69) is 16.4 Å². The molecule has 0 fully saturated rings. The number of hydrogen-bond acceptors (Lipinski definition) is 4. The second-order valence-corrected chi connectivity index (χ2v) is 6.35. The van der Waals surface area contributed by atoms with Gasteiger partial charge in [-0.25, -0.2) is 10.1 Å². The van der Waals surface area contributed by atoms with Crippen LogP contribution in [-0.4, -0.2) is 19.1 Å². The number of benzene rings is 1. The summed E-state index contributed by atoms with van der Waals surface area (Å²) in [7, 11) is -3.87. The maximum atomic E-state index is 11.2. The van der Waals surface area contributed by atoms with E-state index in [1.165, 1.54) is 0 Å². The Bertz CT molecular complexity index is 654. The van der Waals surface area contributed by atoms with Crippen LogP contribution >= 0.6 is 0 Å². The summed E-state index contributed by atoms with van der Waals surface area (Å²) in [5.41, 5.74) is 1.44. The fourth-order valence-corrected chi connectivity index (χ4v) is 2.89. The Morgan fingerprint density at radius 1 is 1.45 bits per heavy atom. The zero-order chi connectivity index (χ0) is 15.0. The first kappa shape index (κ1) is 14.5. The van der Waals surface area contributed by atoms with Crippen LogP contribution in [0, 0.1) is 0 Å². The van der Waals surface area contributed by atoms with E-state index in [-0.39, 0.29) is 5.82 Å². The van der Waals surface area contributed by atoms with Crippen molar-refractivity contribution in [1.29, 1.82) is 0 Å². The van der Waals surface area contributed by atoms with E-state index in [1.54, 1.807) is 5.01 Å². The Kier molecular flexibility index (Phi) is 3.58. The SMILES string of the molecule is C=C(NS(N)(=O)=O)N1N=C(C)CC1(C)c1ccccc1. The third kappa shape index (κ3) is 2.83. The van der Waals surface area contributed by atoms with Crippen molar-refractivity contribution in [2.45, 2.75) is 25.8 Å². The van der Waals surface area contributed by atoms with Crippen molar-refractivity contribution in [3.63, 3.8) is 0 Å². The van der Waals surface area contributed by atoms with E-state index in [0.29, 0.717) is 6.42 Å². The molecule has 3 N–H and O–H groups in total. The van der Waals surface area contributed by atoms with Gasteiger partial charge in [-0.2, -0.15) is 13.5 Å². The van der Waals surface area contributed by atoms with E-state index in [0.717, 1.165) is 11.3 Å². The van der Waals surface area contributed by atoms with Crippen LogP contribution in [0.3, 0.4) is 0 Å². The minimum Gasteiger partial charge on any atom is -0.256 e. The molecule has 2 rings (SSSR count). The third-order valence-electron chi connectivity index (χ3n) is 3.25. The Balaban J connectivity index is 2.37. The molecule has 0 aromatic heterocycles. The third-order valence-corrected chi connectivity index (χ3v) is 3.77. The van der Waals surface area contributed by atoms with Crippen LogP contribution in [0.5, 0.6) is 0 Å². The predicted molar refractivity (Wildman–Crippen MR) is 78.7 cm³/mol. The van der Waals surface area contributed by atoms with Crippen molar-refractivity contribution in [2.75, 3.05) is 0 Å². The summed E-state index contributed by atoms with van der Waals surface area (Å²) in [5.74, 6) is 0.135. The summed E-state index contributed by atoms with van der Waals surface area (Å²) < 4.78 is 24.5. The van der Waals surface area contributed by atoms with Crippen molar-refractivity contribution >= 4 is 15.9 Å². The van der Waals surface area contributed by atoms with Crippen LogP contribution in [0.15, 0.2) is 47.8 Å². The normalized spacial score (nSPS) is 22.6. The van der Waals surface area contributed by atoms with Gasteiger partial charge in [-0.3, -0.25) is 4.72 Å². The van der Waals surface area contributed by atoms with Gasteiger partial charge in [0.1, 0.15) is 5.82 Å². The number of hydrogen-bond donors (Lipinski definition) is 2. The fourth-order valence-electron chi connectivity index (χ4n) is 2.48. The number of nitrogens with zero attached hydrogens (tertiary/aromatic N) is 2. The number of rotatable bonds is 4. The van der Waals surface area contributed by atoms with Gasteiger partial charge >= 0.3 is 0 Å². The van der Waals surface area contributed by atoms with E-state index < -0.39 is 15.7 Å². The molecular weight excluding hydrogens is 276 g/mol. The highest BCUT2D eigenvalue weighted by molar-refractivity contribution is 7.87. The van der Waals surface area contributed by atoms with Gasteiger partial charge in [0.25, 0.3) is 10.2 Å². The van der Waals surface area contributed by atoms with Gasteiger partial charge in [-0.15, -0.1) is 0 Å². The van der Waals surface area contributed by atoms with Crippen LogP contribution in [-0.2, 0) is 15.7 Å². The van der Waals surface area contributed by atoms with E-state index >= 15 is 0 Å². The first-order valence-electron chi connectivity index (χ1n) is 6.12. The molecule has 0 saturated carbocycles. The lowest BCUT2D eigenvalue weighted by atomic mass is 9.87. The largest absolute Gasteiger partial charge is 0.297 e. The molecular formula is C13H18N4O2S. The predicted octanol–water partition coefficient (Wildman–Crippen LogP) is 1.25. The maximum Gasteiger partial charge on any atom is 0.297 e. The van der Waals surface area contributed by atoms with Gasteiger partial charge in [0.05, 0.1) is 5.54 Å². The van der Waals surface area contributed by atoms with Crippen molar-refractivity contribution in [3.05, 3.63) is 48.3 Å². The molecule has 20 heavy (non-hydrogen) atoms.